The first-order valence-electron chi connectivity index (χ1n) is 7.32. The van der Waals surface area contributed by atoms with Gasteiger partial charge < -0.3 is 14.2 Å². The highest BCUT2D eigenvalue weighted by Crippen LogP contribution is 2.43. The molecule has 1 aromatic rings. The molecular weight excluding hydrogens is 332 g/mol. The molecule has 3 aliphatic heterocycles. The molecule has 3 heterocycles. The van der Waals surface area contributed by atoms with Gasteiger partial charge in [-0.1, -0.05) is 17.8 Å². The molecule has 124 valence electrons. The zero-order valence-corrected chi connectivity index (χ0v) is 13.9. The van der Waals surface area contributed by atoms with Crippen LogP contribution in [0.3, 0.4) is 0 Å². The van der Waals surface area contributed by atoms with Crippen molar-refractivity contribution < 1.29 is 23.8 Å². The molecule has 3 aliphatic rings. The van der Waals surface area contributed by atoms with E-state index in [-0.39, 0.29) is 12.7 Å². The maximum absolute atomic E-state index is 12.4. The van der Waals surface area contributed by atoms with Crippen LogP contribution < -0.4 is 9.47 Å². The van der Waals surface area contributed by atoms with Crippen LogP contribution in [0.15, 0.2) is 34.5 Å². The Kier molecular flexibility index (Phi) is 3.49. The van der Waals surface area contributed by atoms with E-state index in [1.807, 2.05) is 6.07 Å². The van der Waals surface area contributed by atoms with Crippen molar-refractivity contribution >= 4 is 28.8 Å². The molecule has 1 atom stereocenters. The second-order valence-corrected chi connectivity index (χ2v) is 6.40. The molecule has 7 nitrogen and oxygen atoms in total. The van der Waals surface area contributed by atoms with Crippen LogP contribution >= 0.6 is 11.8 Å². The molecule has 0 aromatic heterocycles. The summed E-state index contributed by atoms with van der Waals surface area (Å²) in [6, 6.07) is 4.82. The van der Waals surface area contributed by atoms with Gasteiger partial charge in [-0.2, -0.15) is 0 Å². The number of rotatable bonds is 2. The van der Waals surface area contributed by atoms with E-state index in [0.29, 0.717) is 33.7 Å². The highest BCUT2D eigenvalue weighted by molar-refractivity contribution is 8.15. The molecule has 0 unspecified atom stereocenters. The van der Waals surface area contributed by atoms with Gasteiger partial charge in [0.2, 0.25) is 12.7 Å². The van der Waals surface area contributed by atoms with Crippen LogP contribution in [0.2, 0.25) is 0 Å². The standard InChI is InChI=1S/C16H14N2O5S/c1-8-13(15(20)21-2)14(18-12(19)6-24-16(18)17-8)9-3-4-10-11(5-9)23-7-22-10/h3-5,14H,6-7H2,1-2H3/t14-/m1/s1. The van der Waals surface area contributed by atoms with Gasteiger partial charge in [0.15, 0.2) is 16.7 Å². The fourth-order valence-electron chi connectivity index (χ4n) is 3.01. The van der Waals surface area contributed by atoms with E-state index in [0.717, 1.165) is 5.56 Å². The Morgan fingerprint density at radius 1 is 1.38 bits per heavy atom. The number of thioether (sulfide) groups is 1. The number of methoxy groups -OCH3 is 1. The number of amides is 1. The number of esters is 1. The van der Waals surface area contributed by atoms with Gasteiger partial charge in [-0.3, -0.25) is 9.69 Å². The first-order valence-corrected chi connectivity index (χ1v) is 8.31. The van der Waals surface area contributed by atoms with Crippen LogP contribution in [-0.4, -0.2) is 41.6 Å². The summed E-state index contributed by atoms with van der Waals surface area (Å²) in [5, 5.41) is 0.604. The van der Waals surface area contributed by atoms with Crippen molar-refractivity contribution in [3.63, 3.8) is 0 Å². The molecule has 0 radical (unpaired) electrons. The van der Waals surface area contributed by atoms with Crippen molar-refractivity contribution in [2.45, 2.75) is 13.0 Å². The summed E-state index contributed by atoms with van der Waals surface area (Å²) in [6.45, 7) is 1.91. The third-order valence-electron chi connectivity index (χ3n) is 4.10. The predicted octanol–water partition coefficient (Wildman–Crippen LogP) is 1.85. The molecule has 0 aliphatic carbocycles. The summed E-state index contributed by atoms with van der Waals surface area (Å²) in [7, 11) is 1.32. The van der Waals surface area contributed by atoms with Gasteiger partial charge in [0.25, 0.3) is 0 Å². The maximum atomic E-state index is 12.4. The number of hydrogen-bond acceptors (Lipinski definition) is 7. The van der Waals surface area contributed by atoms with Crippen molar-refractivity contribution in [2.24, 2.45) is 4.99 Å². The predicted molar refractivity (Wildman–Crippen MR) is 86.8 cm³/mol. The zero-order valence-electron chi connectivity index (χ0n) is 13.1. The number of carbonyl (C=O) groups excluding carboxylic acids is 2. The van der Waals surface area contributed by atoms with Crippen molar-refractivity contribution in [2.75, 3.05) is 19.7 Å². The summed E-state index contributed by atoms with van der Waals surface area (Å²) in [5.41, 5.74) is 1.66. The quantitative estimate of drug-likeness (QED) is 0.761. The second-order valence-electron chi connectivity index (χ2n) is 5.45. The lowest BCUT2D eigenvalue weighted by atomic mass is 9.94. The Labute approximate surface area is 142 Å². The summed E-state index contributed by atoms with van der Waals surface area (Å²) < 4.78 is 15.7. The zero-order chi connectivity index (χ0) is 16.8. The molecule has 4 rings (SSSR count). The number of allylic oxidation sites excluding steroid dienone is 1. The number of fused-ring (bicyclic) bond motifs is 2. The summed E-state index contributed by atoms with van der Waals surface area (Å²) in [6.07, 6.45) is 0. The van der Waals surface area contributed by atoms with E-state index in [9.17, 15) is 9.59 Å². The smallest absolute Gasteiger partial charge is 0.338 e. The molecule has 1 aromatic carbocycles. The molecule has 1 fully saturated rings. The van der Waals surface area contributed by atoms with Crippen LogP contribution in [0.25, 0.3) is 0 Å². The Morgan fingerprint density at radius 2 is 2.17 bits per heavy atom. The number of hydrogen-bond donors (Lipinski definition) is 0. The van der Waals surface area contributed by atoms with Crippen LogP contribution in [0, 0.1) is 0 Å². The monoisotopic (exact) mass is 346 g/mol. The van der Waals surface area contributed by atoms with Gasteiger partial charge in [0.05, 0.1) is 30.2 Å². The summed E-state index contributed by atoms with van der Waals surface area (Å²) in [5.74, 6) is 0.961. The third kappa shape index (κ3) is 2.17. The molecule has 0 N–H and O–H groups in total. The lowest BCUT2D eigenvalue weighted by molar-refractivity contribution is -0.137. The Hall–Kier alpha value is -2.48. The summed E-state index contributed by atoms with van der Waals surface area (Å²) in [4.78, 5) is 30.7. The third-order valence-corrected chi connectivity index (χ3v) is 5.04. The van der Waals surface area contributed by atoms with Gasteiger partial charge >= 0.3 is 5.97 Å². The van der Waals surface area contributed by atoms with Crippen LogP contribution in [0.1, 0.15) is 18.5 Å². The van der Waals surface area contributed by atoms with Crippen molar-refractivity contribution in [1.82, 2.24) is 4.90 Å². The van der Waals surface area contributed by atoms with Crippen molar-refractivity contribution in [3.8, 4) is 11.5 Å². The van der Waals surface area contributed by atoms with E-state index < -0.39 is 12.0 Å². The topological polar surface area (TPSA) is 77.4 Å². The van der Waals surface area contributed by atoms with Gasteiger partial charge in [-0.25, -0.2) is 9.79 Å². The Balaban J connectivity index is 1.87. The van der Waals surface area contributed by atoms with Crippen molar-refractivity contribution in [3.05, 3.63) is 35.0 Å². The minimum absolute atomic E-state index is 0.0877. The number of carbonyl (C=O) groups is 2. The number of aliphatic imine (C=N–C) groups is 1. The largest absolute Gasteiger partial charge is 0.466 e. The minimum atomic E-state index is -0.582. The Morgan fingerprint density at radius 3 is 2.96 bits per heavy atom. The van der Waals surface area contributed by atoms with E-state index in [2.05, 4.69) is 4.99 Å². The Bertz CT molecular complexity index is 817. The van der Waals surface area contributed by atoms with Gasteiger partial charge in [-0.15, -0.1) is 0 Å². The van der Waals surface area contributed by atoms with Crippen molar-refractivity contribution in [1.29, 1.82) is 0 Å². The SMILES string of the molecule is COC(=O)C1=C(C)N=C2SCC(=O)N2[C@@H]1c1ccc2c(c1)OCO2. The minimum Gasteiger partial charge on any atom is -0.466 e. The van der Waals surface area contributed by atoms with Crippen LogP contribution in [0.5, 0.6) is 11.5 Å². The first-order chi connectivity index (χ1) is 11.6. The first kappa shape index (κ1) is 15.1. The second kappa shape index (κ2) is 5.55. The lowest BCUT2D eigenvalue weighted by Gasteiger charge is -2.32. The molecule has 1 saturated heterocycles. The summed E-state index contributed by atoms with van der Waals surface area (Å²) >= 11 is 1.37. The van der Waals surface area contributed by atoms with E-state index >= 15 is 0 Å². The van der Waals surface area contributed by atoms with Gasteiger partial charge in [0, 0.05) is 0 Å². The normalized spacial score (nSPS) is 21.8. The van der Waals surface area contributed by atoms with E-state index in [4.69, 9.17) is 14.2 Å². The van der Waals surface area contributed by atoms with Gasteiger partial charge in [0.1, 0.15) is 0 Å². The molecule has 0 spiro atoms. The molecule has 8 heteroatoms. The molecule has 24 heavy (non-hydrogen) atoms. The van der Waals surface area contributed by atoms with E-state index in [1.54, 1.807) is 24.0 Å². The number of amidine groups is 1. The lowest BCUT2D eigenvalue weighted by Crippen LogP contribution is -2.39. The average Bonchev–Trinajstić information content (AvgIpc) is 3.19. The number of ether oxygens (including phenoxy) is 3. The highest BCUT2D eigenvalue weighted by Gasteiger charge is 2.43. The molecular formula is C16H14N2O5S. The molecule has 1 amide bonds. The van der Waals surface area contributed by atoms with E-state index in [1.165, 1.54) is 18.9 Å². The van der Waals surface area contributed by atoms with Crippen LogP contribution in [-0.2, 0) is 14.3 Å². The average molecular weight is 346 g/mol. The fourth-order valence-corrected chi connectivity index (χ4v) is 3.95. The number of benzene rings is 1. The molecule has 0 saturated carbocycles. The number of nitrogens with zero attached hydrogens (tertiary/aromatic N) is 2. The maximum Gasteiger partial charge on any atom is 0.338 e. The fraction of sp³-hybridized carbons (Fsp3) is 0.312. The van der Waals surface area contributed by atoms with Crippen LogP contribution in [0.4, 0.5) is 0 Å². The molecule has 0 bridgehead atoms. The highest BCUT2D eigenvalue weighted by atomic mass is 32.2. The van der Waals surface area contributed by atoms with Gasteiger partial charge in [-0.05, 0) is 24.6 Å².